The molecule has 2 atom stereocenters. The van der Waals surface area contributed by atoms with Crippen LogP contribution >= 0.6 is 0 Å². The maximum Gasteiger partial charge on any atom is 0.158 e. The van der Waals surface area contributed by atoms with Crippen LogP contribution in [0.15, 0.2) is 24.3 Å². The van der Waals surface area contributed by atoms with Gasteiger partial charge in [0, 0.05) is 6.04 Å². The SMILES string of the molecule is Cc1cccc(CS(=O)(=O)C(C)C(C)N)c1. The van der Waals surface area contributed by atoms with E-state index in [9.17, 15) is 8.42 Å². The molecule has 3 nitrogen and oxygen atoms in total. The molecule has 2 N–H and O–H groups in total. The van der Waals surface area contributed by atoms with Gasteiger partial charge in [-0.15, -0.1) is 0 Å². The van der Waals surface area contributed by atoms with Gasteiger partial charge < -0.3 is 5.73 Å². The highest BCUT2D eigenvalue weighted by molar-refractivity contribution is 7.91. The first-order valence-electron chi connectivity index (χ1n) is 5.35. The van der Waals surface area contributed by atoms with Crippen molar-refractivity contribution in [2.45, 2.75) is 37.8 Å². The van der Waals surface area contributed by atoms with Gasteiger partial charge in [0.25, 0.3) is 0 Å². The fraction of sp³-hybridized carbons (Fsp3) is 0.500. The average molecular weight is 241 g/mol. The Balaban J connectivity index is 2.89. The molecule has 0 amide bonds. The molecule has 1 rings (SSSR count). The quantitative estimate of drug-likeness (QED) is 0.872. The third-order valence-electron chi connectivity index (χ3n) is 2.76. The van der Waals surface area contributed by atoms with Crippen molar-refractivity contribution in [3.05, 3.63) is 35.4 Å². The zero-order valence-electron chi connectivity index (χ0n) is 9.97. The summed E-state index contributed by atoms with van der Waals surface area (Å²) in [5, 5.41) is -0.506. The van der Waals surface area contributed by atoms with E-state index in [4.69, 9.17) is 5.73 Å². The van der Waals surface area contributed by atoms with Crippen LogP contribution in [-0.4, -0.2) is 19.7 Å². The summed E-state index contributed by atoms with van der Waals surface area (Å²) >= 11 is 0. The van der Waals surface area contributed by atoms with Crippen LogP contribution in [0.1, 0.15) is 25.0 Å². The minimum Gasteiger partial charge on any atom is -0.327 e. The van der Waals surface area contributed by atoms with Crippen LogP contribution in [0.3, 0.4) is 0 Å². The molecule has 0 aromatic heterocycles. The van der Waals surface area contributed by atoms with Crippen molar-refractivity contribution in [3.63, 3.8) is 0 Å². The van der Waals surface area contributed by atoms with Gasteiger partial charge in [0.05, 0.1) is 11.0 Å². The zero-order chi connectivity index (χ0) is 12.3. The maximum atomic E-state index is 12.0. The van der Waals surface area contributed by atoms with E-state index in [0.717, 1.165) is 11.1 Å². The molecular weight excluding hydrogens is 222 g/mol. The molecule has 90 valence electrons. The first kappa shape index (κ1) is 13.2. The number of hydrogen-bond acceptors (Lipinski definition) is 3. The fourth-order valence-electron chi connectivity index (χ4n) is 1.49. The molecule has 0 fully saturated rings. The number of sulfone groups is 1. The van der Waals surface area contributed by atoms with Gasteiger partial charge in [-0.05, 0) is 26.3 Å². The van der Waals surface area contributed by atoms with Gasteiger partial charge in [-0.1, -0.05) is 29.8 Å². The van der Waals surface area contributed by atoms with E-state index >= 15 is 0 Å². The summed E-state index contributed by atoms with van der Waals surface area (Å²) < 4.78 is 23.9. The lowest BCUT2D eigenvalue weighted by Gasteiger charge is -2.16. The molecule has 0 spiro atoms. The van der Waals surface area contributed by atoms with E-state index in [1.54, 1.807) is 13.8 Å². The molecular formula is C12H19NO2S. The summed E-state index contributed by atoms with van der Waals surface area (Å²) in [6, 6.07) is 7.21. The molecule has 0 aliphatic carbocycles. The Morgan fingerprint density at radius 1 is 1.31 bits per heavy atom. The molecule has 0 bridgehead atoms. The van der Waals surface area contributed by atoms with Crippen LogP contribution in [0.5, 0.6) is 0 Å². The Morgan fingerprint density at radius 3 is 2.44 bits per heavy atom. The molecule has 0 aliphatic heterocycles. The average Bonchev–Trinajstić information content (AvgIpc) is 2.15. The Hall–Kier alpha value is -0.870. The predicted octanol–water partition coefficient (Wildman–Crippen LogP) is 1.65. The largest absolute Gasteiger partial charge is 0.327 e. The highest BCUT2D eigenvalue weighted by Crippen LogP contribution is 2.14. The topological polar surface area (TPSA) is 60.2 Å². The lowest BCUT2D eigenvalue weighted by Crippen LogP contribution is -2.36. The predicted molar refractivity (Wildman–Crippen MR) is 66.9 cm³/mol. The molecule has 0 heterocycles. The van der Waals surface area contributed by atoms with Crippen molar-refractivity contribution in [1.82, 2.24) is 0 Å². The van der Waals surface area contributed by atoms with Gasteiger partial charge in [0.15, 0.2) is 9.84 Å². The van der Waals surface area contributed by atoms with Crippen LogP contribution < -0.4 is 5.73 Å². The standard InChI is InChI=1S/C12H19NO2S/c1-9-5-4-6-12(7-9)8-16(14,15)11(3)10(2)13/h4-7,10-11H,8,13H2,1-3H3. The summed E-state index contributed by atoms with van der Waals surface area (Å²) in [6.45, 7) is 5.33. The highest BCUT2D eigenvalue weighted by atomic mass is 32.2. The van der Waals surface area contributed by atoms with Gasteiger partial charge in [-0.2, -0.15) is 0 Å². The minimum absolute atomic E-state index is 0.0669. The van der Waals surface area contributed by atoms with Crippen LogP contribution in [-0.2, 0) is 15.6 Å². The number of hydrogen-bond donors (Lipinski definition) is 1. The number of nitrogens with two attached hydrogens (primary N) is 1. The molecule has 4 heteroatoms. The molecule has 0 saturated carbocycles. The van der Waals surface area contributed by atoms with Gasteiger partial charge in [-0.25, -0.2) is 8.42 Å². The van der Waals surface area contributed by atoms with Crippen molar-refractivity contribution in [3.8, 4) is 0 Å². The van der Waals surface area contributed by atoms with E-state index < -0.39 is 15.1 Å². The van der Waals surface area contributed by atoms with E-state index in [1.807, 2.05) is 31.2 Å². The van der Waals surface area contributed by atoms with Gasteiger partial charge in [-0.3, -0.25) is 0 Å². The number of rotatable bonds is 4. The van der Waals surface area contributed by atoms with Crippen LogP contribution in [0.4, 0.5) is 0 Å². The van der Waals surface area contributed by atoms with Crippen LogP contribution in [0, 0.1) is 6.92 Å². The van der Waals surface area contributed by atoms with Gasteiger partial charge in [0.2, 0.25) is 0 Å². The first-order chi connectivity index (χ1) is 7.33. The Bertz CT molecular complexity index is 452. The lowest BCUT2D eigenvalue weighted by molar-refractivity contribution is 0.567. The minimum atomic E-state index is -3.15. The lowest BCUT2D eigenvalue weighted by atomic mass is 10.2. The molecule has 1 aromatic rings. The normalized spacial score (nSPS) is 15.8. The summed E-state index contributed by atoms with van der Waals surface area (Å²) in [7, 11) is -3.15. The zero-order valence-corrected chi connectivity index (χ0v) is 10.8. The summed E-state index contributed by atoms with van der Waals surface area (Å²) in [5.74, 6) is 0.0669. The first-order valence-corrected chi connectivity index (χ1v) is 7.07. The molecule has 0 saturated heterocycles. The van der Waals surface area contributed by atoms with E-state index in [0.29, 0.717) is 0 Å². The van der Waals surface area contributed by atoms with Crippen molar-refractivity contribution in [2.75, 3.05) is 0 Å². The molecule has 2 unspecified atom stereocenters. The van der Waals surface area contributed by atoms with Gasteiger partial charge in [0.1, 0.15) is 0 Å². The van der Waals surface area contributed by atoms with Crippen molar-refractivity contribution in [2.24, 2.45) is 5.73 Å². The monoisotopic (exact) mass is 241 g/mol. The summed E-state index contributed by atoms with van der Waals surface area (Å²) in [5.41, 5.74) is 7.52. The van der Waals surface area contributed by atoms with E-state index in [1.165, 1.54) is 0 Å². The Labute approximate surface area is 97.6 Å². The highest BCUT2D eigenvalue weighted by Gasteiger charge is 2.24. The second kappa shape index (κ2) is 4.97. The van der Waals surface area contributed by atoms with Crippen molar-refractivity contribution >= 4 is 9.84 Å². The molecule has 16 heavy (non-hydrogen) atoms. The fourth-order valence-corrected chi connectivity index (χ4v) is 3.05. The van der Waals surface area contributed by atoms with Crippen molar-refractivity contribution in [1.29, 1.82) is 0 Å². The maximum absolute atomic E-state index is 12.0. The molecule has 0 radical (unpaired) electrons. The van der Waals surface area contributed by atoms with Gasteiger partial charge >= 0.3 is 0 Å². The Kier molecular flexibility index (Phi) is 4.10. The van der Waals surface area contributed by atoms with Crippen LogP contribution in [0.2, 0.25) is 0 Å². The second-order valence-electron chi connectivity index (χ2n) is 4.36. The summed E-state index contributed by atoms with van der Waals surface area (Å²) in [4.78, 5) is 0. The van der Waals surface area contributed by atoms with E-state index in [-0.39, 0.29) is 11.8 Å². The third-order valence-corrected chi connectivity index (χ3v) is 5.06. The second-order valence-corrected chi connectivity index (χ2v) is 6.72. The number of benzene rings is 1. The van der Waals surface area contributed by atoms with Crippen LogP contribution in [0.25, 0.3) is 0 Å². The summed E-state index contributed by atoms with van der Waals surface area (Å²) in [6.07, 6.45) is 0. The smallest absolute Gasteiger partial charge is 0.158 e. The molecule has 0 aliphatic rings. The van der Waals surface area contributed by atoms with E-state index in [2.05, 4.69) is 0 Å². The Morgan fingerprint density at radius 2 is 1.94 bits per heavy atom. The van der Waals surface area contributed by atoms with Crippen molar-refractivity contribution < 1.29 is 8.42 Å². The third kappa shape index (κ3) is 3.32. The molecule has 1 aromatic carbocycles. The number of aryl methyl sites for hydroxylation is 1.